The maximum atomic E-state index is 14.6. The normalized spacial score (nSPS) is 26.6. The van der Waals surface area contributed by atoms with Gasteiger partial charge < -0.3 is 23.9 Å². The molecule has 4 saturated carbocycles. The maximum absolute atomic E-state index is 14.6. The molecule has 10 heteroatoms. The van der Waals surface area contributed by atoms with Crippen molar-refractivity contribution in [3.63, 3.8) is 0 Å². The van der Waals surface area contributed by atoms with Gasteiger partial charge in [-0.05, 0) is 111 Å². The van der Waals surface area contributed by atoms with Crippen LogP contribution >= 0.6 is 0 Å². The summed E-state index contributed by atoms with van der Waals surface area (Å²) >= 11 is 0. The first-order valence-electron chi connectivity index (χ1n) is 18.1. The SMILES string of the molecule is COc1ccc(C23CCC(CN(C(=O)C4CCC(OC(=O)NC5COC5)CC4)c4cc(-c5coc(C(C)C)n5)ccn4)(CC2)CC3)cc1C. The third-order valence-corrected chi connectivity index (χ3v) is 11.8. The van der Waals surface area contributed by atoms with E-state index in [1.165, 1.54) is 11.1 Å². The fourth-order valence-electron chi connectivity index (χ4n) is 8.48. The van der Waals surface area contributed by atoms with Gasteiger partial charge in [-0.3, -0.25) is 9.69 Å². The van der Waals surface area contributed by atoms with Crippen molar-refractivity contribution in [3.05, 3.63) is 59.8 Å². The molecular formula is C39H50N4O6. The molecule has 2 amide bonds. The number of amides is 2. The fraction of sp³-hybridized carbons (Fsp3) is 0.590. The number of nitrogens with one attached hydrogen (secondary N) is 1. The highest BCUT2D eigenvalue weighted by atomic mass is 16.6. The Hall–Kier alpha value is -3.92. The minimum Gasteiger partial charge on any atom is -0.496 e. The molecule has 2 aromatic heterocycles. The first-order chi connectivity index (χ1) is 23.7. The van der Waals surface area contributed by atoms with Crippen LogP contribution in [0.3, 0.4) is 0 Å². The lowest BCUT2D eigenvalue weighted by Crippen LogP contribution is -2.52. The average molecular weight is 671 g/mol. The van der Waals surface area contributed by atoms with E-state index in [1.807, 2.05) is 17.0 Å². The lowest BCUT2D eigenvalue weighted by atomic mass is 9.51. The van der Waals surface area contributed by atoms with E-state index in [0.29, 0.717) is 57.2 Å². The van der Waals surface area contributed by atoms with Crippen molar-refractivity contribution in [3.8, 4) is 17.0 Å². The lowest BCUT2D eigenvalue weighted by molar-refractivity contribution is -0.124. The standard InChI is InChI=1S/C39H50N4O6/c1-25(2)35-42-32(23-48-35)28-11-18-40-34(20-28)43(36(44)27-5-8-31(9-6-27)49-37(45)41-30-21-47-22-30)24-38-12-15-39(16-13-38,17-14-38)29-7-10-33(46-4)26(3)19-29/h7,10-11,18-20,23,25,27,30-31H,5-6,8-9,12-17,21-22,24H2,1-4H3,(H,41,45). The number of fused-ring (bicyclic) bond motifs is 3. The zero-order chi connectivity index (χ0) is 34.2. The van der Waals surface area contributed by atoms with Crippen LogP contribution in [-0.4, -0.2) is 61.0 Å². The second kappa shape index (κ2) is 13.8. The van der Waals surface area contributed by atoms with Crippen LogP contribution in [0.4, 0.5) is 10.6 Å². The number of rotatable bonds is 10. The molecule has 1 saturated heterocycles. The van der Waals surface area contributed by atoms with Crippen LogP contribution in [0, 0.1) is 18.3 Å². The van der Waals surface area contributed by atoms with Gasteiger partial charge in [-0.15, -0.1) is 0 Å². The molecule has 4 aliphatic carbocycles. The van der Waals surface area contributed by atoms with E-state index in [1.54, 1.807) is 19.6 Å². The largest absolute Gasteiger partial charge is 0.496 e. The van der Waals surface area contributed by atoms with Crippen molar-refractivity contribution in [1.29, 1.82) is 0 Å². The molecule has 10 nitrogen and oxygen atoms in total. The number of methoxy groups -OCH3 is 1. The van der Waals surface area contributed by atoms with E-state index in [9.17, 15) is 9.59 Å². The van der Waals surface area contributed by atoms with Gasteiger partial charge in [0.25, 0.3) is 0 Å². The molecule has 49 heavy (non-hydrogen) atoms. The zero-order valence-corrected chi connectivity index (χ0v) is 29.3. The van der Waals surface area contributed by atoms with Crippen molar-refractivity contribution in [2.24, 2.45) is 11.3 Å². The molecule has 1 N–H and O–H groups in total. The van der Waals surface area contributed by atoms with Gasteiger partial charge in [0.1, 0.15) is 29.6 Å². The minimum atomic E-state index is -0.395. The number of hydrogen-bond acceptors (Lipinski definition) is 8. The third kappa shape index (κ3) is 6.94. The Balaban J connectivity index is 1.09. The summed E-state index contributed by atoms with van der Waals surface area (Å²) in [6.07, 6.45) is 12.1. The molecule has 2 bridgehead atoms. The molecule has 1 aromatic carbocycles. The number of carbonyl (C=O) groups is 2. The van der Waals surface area contributed by atoms with Crippen molar-refractivity contribution < 1.29 is 28.2 Å². The highest BCUT2D eigenvalue weighted by Gasteiger charge is 2.51. The second-order valence-electron chi connectivity index (χ2n) is 15.3. The number of hydrogen-bond donors (Lipinski definition) is 1. The van der Waals surface area contributed by atoms with Crippen molar-refractivity contribution in [2.75, 3.05) is 31.8 Å². The number of anilines is 1. The number of aryl methyl sites for hydroxylation is 1. The van der Waals surface area contributed by atoms with Gasteiger partial charge in [0.15, 0.2) is 5.89 Å². The molecule has 3 aromatic rings. The molecular weight excluding hydrogens is 620 g/mol. The molecule has 262 valence electrons. The van der Waals surface area contributed by atoms with Gasteiger partial charge in [-0.2, -0.15) is 0 Å². The Morgan fingerprint density at radius 2 is 1.76 bits per heavy atom. The fourth-order valence-corrected chi connectivity index (χ4v) is 8.48. The predicted octanol–water partition coefficient (Wildman–Crippen LogP) is 7.49. The smallest absolute Gasteiger partial charge is 0.407 e. The van der Waals surface area contributed by atoms with Gasteiger partial charge in [-0.25, -0.2) is 14.8 Å². The minimum absolute atomic E-state index is 0.0286. The Morgan fingerprint density at radius 1 is 1.02 bits per heavy atom. The highest BCUT2D eigenvalue weighted by molar-refractivity contribution is 5.95. The van der Waals surface area contributed by atoms with E-state index in [-0.39, 0.29) is 40.7 Å². The summed E-state index contributed by atoms with van der Waals surface area (Å²) in [6.45, 7) is 7.95. The van der Waals surface area contributed by atoms with Crippen molar-refractivity contribution in [1.82, 2.24) is 15.3 Å². The second-order valence-corrected chi connectivity index (χ2v) is 15.3. The number of carbonyl (C=O) groups excluding carboxylic acids is 2. The number of oxazole rings is 1. The van der Waals surface area contributed by atoms with E-state index in [2.05, 4.69) is 44.3 Å². The molecule has 0 unspecified atom stereocenters. The summed E-state index contributed by atoms with van der Waals surface area (Å²) in [5, 5.41) is 2.86. The maximum Gasteiger partial charge on any atom is 0.407 e. The highest BCUT2D eigenvalue weighted by Crippen LogP contribution is 2.58. The molecule has 0 radical (unpaired) electrons. The predicted molar refractivity (Wildman–Crippen MR) is 186 cm³/mol. The third-order valence-electron chi connectivity index (χ3n) is 11.8. The number of alkyl carbamates (subject to hydrolysis) is 1. The molecule has 1 aliphatic heterocycles. The van der Waals surface area contributed by atoms with Crippen molar-refractivity contribution in [2.45, 2.75) is 108 Å². The number of nitrogens with zero attached hydrogens (tertiary/aromatic N) is 3. The van der Waals surface area contributed by atoms with Crippen LogP contribution < -0.4 is 15.0 Å². The van der Waals surface area contributed by atoms with E-state index in [4.69, 9.17) is 28.6 Å². The van der Waals surface area contributed by atoms with Gasteiger partial charge >= 0.3 is 6.09 Å². The first kappa shape index (κ1) is 33.6. The van der Waals surface area contributed by atoms with Gasteiger partial charge in [0.2, 0.25) is 5.91 Å². The van der Waals surface area contributed by atoms with E-state index in [0.717, 1.165) is 55.5 Å². The molecule has 3 heterocycles. The summed E-state index contributed by atoms with van der Waals surface area (Å²) < 4.78 is 22.2. The van der Waals surface area contributed by atoms with Crippen LogP contribution in [0.2, 0.25) is 0 Å². The Labute approximate surface area is 289 Å². The van der Waals surface area contributed by atoms with Crippen LogP contribution in [0.1, 0.15) is 101 Å². The number of pyridine rings is 1. The molecule has 8 rings (SSSR count). The first-order valence-corrected chi connectivity index (χ1v) is 18.1. The van der Waals surface area contributed by atoms with Gasteiger partial charge in [-0.1, -0.05) is 26.0 Å². The van der Waals surface area contributed by atoms with Crippen molar-refractivity contribution >= 4 is 17.8 Å². The summed E-state index contributed by atoms with van der Waals surface area (Å²) in [5.74, 6) is 2.43. The van der Waals surface area contributed by atoms with Crippen LogP contribution in [0.5, 0.6) is 5.75 Å². The number of ether oxygens (including phenoxy) is 3. The van der Waals surface area contributed by atoms with Gasteiger partial charge in [0.05, 0.1) is 26.4 Å². The van der Waals surface area contributed by atoms with E-state index < -0.39 is 6.09 Å². The van der Waals surface area contributed by atoms with Crippen LogP contribution in [0.25, 0.3) is 11.3 Å². The summed E-state index contributed by atoms with van der Waals surface area (Å²) in [4.78, 5) is 38.5. The zero-order valence-electron chi connectivity index (χ0n) is 29.3. The Morgan fingerprint density at radius 3 is 2.37 bits per heavy atom. The average Bonchev–Trinajstić information content (AvgIpc) is 3.61. The van der Waals surface area contributed by atoms with E-state index >= 15 is 0 Å². The Kier molecular flexibility index (Phi) is 9.43. The van der Waals surface area contributed by atoms with Crippen LogP contribution in [-0.2, 0) is 19.7 Å². The molecule has 5 fully saturated rings. The monoisotopic (exact) mass is 670 g/mol. The number of benzene rings is 1. The Bertz CT molecular complexity index is 1630. The molecule has 5 aliphatic rings. The summed E-state index contributed by atoms with van der Waals surface area (Å²) in [7, 11) is 1.73. The molecule has 0 spiro atoms. The van der Waals surface area contributed by atoms with Gasteiger partial charge in [0, 0.05) is 30.1 Å². The lowest BCUT2D eigenvalue weighted by Gasteiger charge is -2.55. The van der Waals surface area contributed by atoms with Crippen LogP contribution in [0.15, 0.2) is 47.2 Å². The summed E-state index contributed by atoms with van der Waals surface area (Å²) in [5.41, 5.74) is 4.46. The summed E-state index contributed by atoms with van der Waals surface area (Å²) in [6, 6.07) is 10.7. The molecule has 0 atom stereocenters. The number of aromatic nitrogens is 2. The quantitative estimate of drug-likeness (QED) is 0.236. The topological polar surface area (TPSA) is 116 Å².